The molecule has 1 aromatic rings. The number of nitrogens with zero attached hydrogens (tertiary/aromatic N) is 1. The Morgan fingerprint density at radius 1 is 1.35 bits per heavy atom. The van der Waals surface area contributed by atoms with Crippen LogP contribution in [0, 0.1) is 5.82 Å². The fourth-order valence-corrected chi connectivity index (χ4v) is 3.28. The van der Waals surface area contributed by atoms with E-state index in [1.54, 1.807) is 19.2 Å². The molecular formula is C19H31FN2O. The van der Waals surface area contributed by atoms with Gasteiger partial charge in [-0.25, -0.2) is 4.39 Å². The van der Waals surface area contributed by atoms with Crippen molar-refractivity contribution in [1.82, 2.24) is 10.2 Å². The summed E-state index contributed by atoms with van der Waals surface area (Å²) in [5.41, 5.74) is 1.09. The Balaban J connectivity index is 1.79. The molecule has 1 aliphatic heterocycles. The monoisotopic (exact) mass is 322 g/mol. The Hall–Kier alpha value is -0.970. The molecule has 0 bridgehead atoms. The van der Waals surface area contributed by atoms with E-state index >= 15 is 0 Å². The van der Waals surface area contributed by atoms with Crippen molar-refractivity contribution in [2.24, 2.45) is 0 Å². The van der Waals surface area contributed by atoms with Crippen LogP contribution >= 0.6 is 0 Å². The number of benzene rings is 1. The second kappa shape index (κ2) is 8.22. The highest BCUT2D eigenvalue weighted by atomic mass is 19.1. The quantitative estimate of drug-likeness (QED) is 0.832. The molecule has 4 heteroatoms. The summed E-state index contributed by atoms with van der Waals surface area (Å²) in [4.78, 5) is 2.51. The third-order valence-corrected chi connectivity index (χ3v) is 4.79. The predicted molar refractivity (Wildman–Crippen MR) is 93.4 cm³/mol. The van der Waals surface area contributed by atoms with Gasteiger partial charge in [-0.2, -0.15) is 0 Å². The molecule has 0 amide bonds. The van der Waals surface area contributed by atoms with Crippen LogP contribution in [-0.2, 0) is 4.74 Å². The van der Waals surface area contributed by atoms with E-state index in [9.17, 15) is 4.39 Å². The number of methoxy groups -OCH3 is 1. The van der Waals surface area contributed by atoms with Crippen molar-refractivity contribution >= 4 is 0 Å². The SMILES string of the molecule is COC1CCN(CC(C)(C)NC[C@H](C)c2cccc(F)c2)CC1. The summed E-state index contributed by atoms with van der Waals surface area (Å²) in [6, 6.07) is 6.91. The van der Waals surface area contributed by atoms with Crippen molar-refractivity contribution < 1.29 is 9.13 Å². The molecule has 0 unspecified atom stereocenters. The van der Waals surface area contributed by atoms with E-state index in [0.29, 0.717) is 12.0 Å². The van der Waals surface area contributed by atoms with Gasteiger partial charge in [0, 0.05) is 38.8 Å². The number of rotatable bonds is 7. The standard InChI is InChI=1S/C19H31FN2O/c1-15(16-6-5-7-17(20)12-16)13-21-19(2,3)14-22-10-8-18(23-4)9-11-22/h5-7,12,15,18,21H,8-11,13-14H2,1-4H3/t15-/m0/s1. The molecule has 0 aliphatic carbocycles. The first-order chi connectivity index (χ1) is 10.9. The zero-order chi connectivity index (χ0) is 16.9. The van der Waals surface area contributed by atoms with Crippen LogP contribution in [0.3, 0.4) is 0 Å². The van der Waals surface area contributed by atoms with Gasteiger partial charge in [0.2, 0.25) is 0 Å². The molecule has 0 aromatic heterocycles. The van der Waals surface area contributed by atoms with Crippen LogP contribution < -0.4 is 5.32 Å². The summed E-state index contributed by atoms with van der Waals surface area (Å²) in [6.07, 6.45) is 2.66. The van der Waals surface area contributed by atoms with Gasteiger partial charge in [-0.05, 0) is 50.3 Å². The molecular weight excluding hydrogens is 291 g/mol. The molecule has 0 radical (unpaired) electrons. The number of hydrogen-bond donors (Lipinski definition) is 1. The number of ether oxygens (including phenoxy) is 1. The molecule has 130 valence electrons. The number of hydrogen-bond acceptors (Lipinski definition) is 3. The molecule has 1 atom stereocenters. The Morgan fingerprint density at radius 2 is 2.04 bits per heavy atom. The lowest BCUT2D eigenvalue weighted by Gasteiger charge is -2.38. The fraction of sp³-hybridized carbons (Fsp3) is 0.684. The summed E-state index contributed by atoms with van der Waals surface area (Å²) in [5.74, 6) is 0.138. The number of likely N-dealkylation sites (tertiary alicyclic amines) is 1. The lowest BCUT2D eigenvalue weighted by molar-refractivity contribution is 0.0340. The van der Waals surface area contributed by atoms with Crippen LogP contribution in [-0.4, -0.2) is 49.8 Å². The first-order valence-corrected chi connectivity index (χ1v) is 8.65. The van der Waals surface area contributed by atoms with Crippen molar-refractivity contribution in [2.75, 3.05) is 33.3 Å². The minimum Gasteiger partial charge on any atom is -0.381 e. The van der Waals surface area contributed by atoms with Crippen LogP contribution in [0.1, 0.15) is 45.1 Å². The lowest BCUT2D eigenvalue weighted by atomic mass is 9.97. The normalized spacial score (nSPS) is 19.0. The molecule has 1 aromatic carbocycles. The fourth-order valence-electron chi connectivity index (χ4n) is 3.28. The van der Waals surface area contributed by atoms with Gasteiger partial charge in [0.15, 0.2) is 0 Å². The third kappa shape index (κ3) is 5.87. The zero-order valence-corrected chi connectivity index (χ0v) is 14.9. The lowest BCUT2D eigenvalue weighted by Crippen LogP contribution is -2.52. The Morgan fingerprint density at radius 3 is 2.65 bits per heavy atom. The molecule has 2 rings (SSSR count). The van der Waals surface area contributed by atoms with E-state index in [1.807, 2.05) is 6.07 Å². The van der Waals surface area contributed by atoms with Crippen molar-refractivity contribution in [3.05, 3.63) is 35.6 Å². The van der Waals surface area contributed by atoms with Crippen LogP contribution in [0.5, 0.6) is 0 Å². The highest BCUT2D eigenvalue weighted by molar-refractivity contribution is 5.20. The van der Waals surface area contributed by atoms with E-state index in [-0.39, 0.29) is 11.4 Å². The predicted octanol–water partition coefficient (Wildman–Crippen LogP) is 3.41. The first kappa shape index (κ1) is 18.4. The van der Waals surface area contributed by atoms with Gasteiger partial charge >= 0.3 is 0 Å². The van der Waals surface area contributed by atoms with Crippen LogP contribution in [0.25, 0.3) is 0 Å². The molecule has 0 saturated carbocycles. The maximum atomic E-state index is 13.3. The number of piperidine rings is 1. The first-order valence-electron chi connectivity index (χ1n) is 8.65. The van der Waals surface area contributed by atoms with E-state index < -0.39 is 0 Å². The molecule has 1 fully saturated rings. The minimum absolute atomic E-state index is 0.0431. The van der Waals surface area contributed by atoms with Crippen molar-refractivity contribution in [1.29, 1.82) is 0 Å². The smallest absolute Gasteiger partial charge is 0.123 e. The van der Waals surface area contributed by atoms with Crippen molar-refractivity contribution in [2.45, 2.75) is 51.2 Å². The summed E-state index contributed by atoms with van der Waals surface area (Å²) < 4.78 is 18.8. The number of nitrogens with one attached hydrogen (secondary N) is 1. The zero-order valence-electron chi connectivity index (χ0n) is 14.9. The third-order valence-electron chi connectivity index (χ3n) is 4.79. The molecule has 1 aliphatic rings. The van der Waals surface area contributed by atoms with Crippen molar-refractivity contribution in [3.8, 4) is 0 Å². The van der Waals surface area contributed by atoms with Gasteiger partial charge in [0.05, 0.1) is 6.10 Å². The molecule has 1 saturated heterocycles. The Labute approximate surface area is 140 Å². The maximum Gasteiger partial charge on any atom is 0.123 e. The minimum atomic E-state index is -0.158. The molecule has 23 heavy (non-hydrogen) atoms. The van der Waals surface area contributed by atoms with Gasteiger partial charge in [-0.3, -0.25) is 0 Å². The summed E-state index contributed by atoms with van der Waals surface area (Å²) in [6.45, 7) is 10.7. The van der Waals surface area contributed by atoms with Gasteiger partial charge < -0.3 is 15.0 Å². The van der Waals surface area contributed by atoms with E-state index in [0.717, 1.165) is 44.6 Å². The average Bonchev–Trinajstić information content (AvgIpc) is 2.53. The van der Waals surface area contributed by atoms with Crippen LogP contribution in [0.4, 0.5) is 4.39 Å². The van der Waals surface area contributed by atoms with Crippen LogP contribution in [0.15, 0.2) is 24.3 Å². The number of halogens is 1. The van der Waals surface area contributed by atoms with Gasteiger partial charge in [-0.1, -0.05) is 19.1 Å². The highest BCUT2D eigenvalue weighted by Crippen LogP contribution is 2.18. The Bertz CT molecular complexity index is 484. The second-order valence-corrected chi connectivity index (χ2v) is 7.43. The van der Waals surface area contributed by atoms with Crippen molar-refractivity contribution in [3.63, 3.8) is 0 Å². The topological polar surface area (TPSA) is 24.5 Å². The molecule has 3 nitrogen and oxygen atoms in total. The van der Waals surface area contributed by atoms with Gasteiger partial charge in [0.25, 0.3) is 0 Å². The summed E-state index contributed by atoms with van der Waals surface area (Å²) in [7, 11) is 1.81. The van der Waals surface area contributed by atoms with E-state index in [2.05, 4.69) is 31.0 Å². The molecule has 0 spiro atoms. The summed E-state index contributed by atoms with van der Waals surface area (Å²) >= 11 is 0. The Kier molecular flexibility index (Phi) is 6.57. The van der Waals surface area contributed by atoms with Gasteiger partial charge in [0.1, 0.15) is 5.82 Å². The van der Waals surface area contributed by atoms with E-state index in [4.69, 9.17) is 4.74 Å². The van der Waals surface area contributed by atoms with E-state index in [1.165, 1.54) is 6.07 Å². The molecule has 1 heterocycles. The highest BCUT2D eigenvalue weighted by Gasteiger charge is 2.25. The maximum absolute atomic E-state index is 13.3. The molecule has 1 N–H and O–H groups in total. The summed E-state index contributed by atoms with van der Waals surface area (Å²) in [5, 5.41) is 3.65. The largest absolute Gasteiger partial charge is 0.381 e. The van der Waals surface area contributed by atoms with Crippen LogP contribution in [0.2, 0.25) is 0 Å². The average molecular weight is 322 g/mol. The second-order valence-electron chi connectivity index (χ2n) is 7.43. The van der Waals surface area contributed by atoms with Gasteiger partial charge in [-0.15, -0.1) is 0 Å².